The van der Waals surface area contributed by atoms with Crippen LogP contribution in [0.4, 0.5) is 0 Å². The van der Waals surface area contributed by atoms with Gasteiger partial charge in [0, 0.05) is 17.6 Å². The van der Waals surface area contributed by atoms with Crippen LogP contribution in [0, 0.1) is 0 Å². The van der Waals surface area contributed by atoms with E-state index in [-0.39, 0.29) is 0 Å². The maximum atomic E-state index is 5.52. The number of fused-ring (bicyclic) bond motifs is 2. The number of benzene rings is 1. The normalized spacial score (nSPS) is 21.1. The smallest absolute Gasteiger partial charge is 0.0720 e. The first-order valence-corrected chi connectivity index (χ1v) is 5.02. The van der Waals surface area contributed by atoms with E-state index in [0.29, 0.717) is 5.92 Å². The summed E-state index contributed by atoms with van der Waals surface area (Å²) >= 11 is 0. The molecular formula is C12H13NO. The van der Waals surface area contributed by atoms with Gasteiger partial charge in [-0.2, -0.15) is 0 Å². The number of hydrogen-bond donors (Lipinski definition) is 1. The fourth-order valence-corrected chi connectivity index (χ4v) is 2.18. The average molecular weight is 187 g/mol. The molecule has 1 aromatic heterocycles. The molecule has 1 unspecified atom stereocenters. The molecule has 72 valence electrons. The molecule has 0 aliphatic carbocycles. The van der Waals surface area contributed by atoms with E-state index in [0.717, 1.165) is 13.2 Å². The Morgan fingerprint density at radius 3 is 3.29 bits per heavy atom. The van der Waals surface area contributed by atoms with Crippen LogP contribution in [0.15, 0.2) is 24.4 Å². The van der Waals surface area contributed by atoms with Crippen LogP contribution in [0.3, 0.4) is 0 Å². The van der Waals surface area contributed by atoms with E-state index < -0.39 is 0 Å². The Morgan fingerprint density at radius 2 is 2.36 bits per heavy atom. The van der Waals surface area contributed by atoms with Crippen molar-refractivity contribution in [2.24, 2.45) is 0 Å². The SMILES string of the molecule is CC1COCc2cc3cc[nH]c3cc21. The van der Waals surface area contributed by atoms with Crippen LogP contribution in [0.25, 0.3) is 10.9 Å². The lowest BCUT2D eigenvalue weighted by molar-refractivity contribution is 0.0952. The molecule has 3 rings (SSSR count). The maximum absolute atomic E-state index is 5.52. The number of rotatable bonds is 0. The summed E-state index contributed by atoms with van der Waals surface area (Å²) in [6.07, 6.45) is 1.99. The Labute approximate surface area is 82.9 Å². The summed E-state index contributed by atoms with van der Waals surface area (Å²) in [5.74, 6) is 0.520. The second-order valence-corrected chi connectivity index (χ2v) is 4.03. The minimum absolute atomic E-state index is 0.520. The first-order chi connectivity index (χ1) is 6.84. The van der Waals surface area contributed by atoms with Crippen molar-refractivity contribution in [2.45, 2.75) is 19.4 Å². The summed E-state index contributed by atoms with van der Waals surface area (Å²) in [6, 6.07) is 6.60. The van der Waals surface area contributed by atoms with E-state index in [1.165, 1.54) is 22.0 Å². The molecule has 0 saturated heterocycles. The lowest BCUT2D eigenvalue weighted by Crippen LogP contribution is -2.13. The quantitative estimate of drug-likeness (QED) is 0.674. The molecule has 1 aromatic carbocycles. The molecule has 2 heterocycles. The number of hydrogen-bond acceptors (Lipinski definition) is 1. The standard InChI is InChI=1S/C12H13NO/c1-8-6-14-7-10-4-9-2-3-13-12(9)5-11(8)10/h2-5,8,13H,6-7H2,1H3. The van der Waals surface area contributed by atoms with E-state index in [1.807, 2.05) is 6.20 Å². The van der Waals surface area contributed by atoms with Gasteiger partial charge in [0.2, 0.25) is 0 Å². The number of aromatic amines is 1. The number of aromatic nitrogens is 1. The first kappa shape index (κ1) is 8.06. The zero-order valence-electron chi connectivity index (χ0n) is 8.21. The van der Waals surface area contributed by atoms with Crippen LogP contribution in [-0.2, 0) is 11.3 Å². The minimum Gasteiger partial charge on any atom is -0.376 e. The second-order valence-electron chi connectivity index (χ2n) is 4.03. The third-order valence-corrected chi connectivity index (χ3v) is 2.97. The number of nitrogens with one attached hydrogen (secondary N) is 1. The summed E-state index contributed by atoms with van der Waals surface area (Å²) in [7, 11) is 0. The van der Waals surface area contributed by atoms with Crippen molar-refractivity contribution >= 4 is 10.9 Å². The van der Waals surface area contributed by atoms with E-state index in [4.69, 9.17) is 4.74 Å². The van der Waals surface area contributed by atoms with E-state index in [9.17, 15) is 0 Å². The van der Waals surface area contributed by atoms with Crippen LogP contribution in [-0.4, -0.2) is 11.6 Å². The lowest BCUT2D eigenvalue weighted by atomic mass is 9.93. The minimum atomic E-state index is 0.520. The van der Waals surface area contributed by atoms with Crippen LogP contribution in [0.1, 0.15) is 24.0 Å². The fraction of sp³-hybridized carbons (Fsp3) is 0.333. The Bertz CT molecular complexity index is 472. The van der Waals surface area contributed by atoms with Gasteiger partial charge < -0.3 is 9.72 Å². The third-order valence-electron chi connectivity index (χ3n) is 2.97. The highest BCUT2D eigenvalue weighted by molar-refractivity contribution is 5.81. The Hall–Kier alpha value is -1.28. The molecule has 1 aliphatic heterocycles. The van der Waals surface area contributed by atoms with Gasteiger partial charge in [-0.15, -0.1) is 0 Å². The molecule has 2 aromatic rings. The van der Waals surface area contributed by atoms with Crippen molar-refractivity contribution in [2.75, 3.05) is 6.61 Å². The molecule has 1 N–H and O–H groups in total. The van der Waals surface area contributed by atoms with Crippen molar-refractivity contribution in [1.82, 2.24) is 4.98 Å². The zero-order valence-corrected chi connectivity index (χ0v) is 8.21. The molecule has 0 amide bonds. The monoisotopic (exact) mass is 187 g/mol. The Morgan fingerprint density at radius 1 is 1.43 bits per heavy atom. The van der Waals surface area contributed by atoms with Crippen molar-refractivity contribution < 1.29 is 4.74 Å². The first-order valence-electron chi connectivity index (χ1n) is 5.02. The predicted molar refractivity (Wildman–Crippen MR) is 56.4 cm³/mol. The van der Waals surface area contributed by atoms with Gasteiger partial charge in [0.25, 0.3) is 0 Å². The van der Waals surface area contributed by atoms with Crippen molar-refractivity contribution in [3.63, 3.8) is 0 Å². The van der Waals surface area contributed by atoms with Crippen LogP contribution in [0.2, 0.25) is 0 Å². The van der Waals surface area contributed by atoms with Gasteiger partial charge in [-0.25, -0.2) is 0 Å². The number of H-pyrrole nitrogens is 1. The summed E-state index contributed by atoms with van der Waals surface area (Å²) in [5.41, 5.74) is 4.01. The van der Waals surface area contributed by atoms with Crippen LogP contribution in [0.5, 0.6) is 0 Å². The van der Waals surface area contributed by atoms with E-state index in [1.54, 1.807) is 0 Å². The molecule has 2 nitrogen and oxygen atoms in total. The van der Waals surface area contributed by atoms with Gasteiger partial charge in [-0.1, -0.05) is 6.92 Å². The van der Waals surface area contributed by atoms with Gasteiger partial charge in [-0.3, -0.25) is 0 Å². The fourth-order valence-electron chi connectivity index (χ4n) is 2.18. The lowest BCUT2D eigenvalue weighted by Gasteiger charge is -2.22. The van der Waals surface area contributed by atoms with Crippen molar-refractivity contribution in [3.05, 3.63) is 35.5 Å². The molecule has 2 heteroatoms. The molecular weight excluding hydrogens is 174 g/mol. The highest BCUT2D eigenvalue weighted by Crippen LogP contribution is 2.29. The third kappa shape index (κ3) is 1.07. The molecule has 0 fully saturated rings. The van der Waals surface area contributed by atoms with Gasteiger partial charge in [0.15, 0.2) is 0 Å². The largest absolute Gasteiger partial charge is 0.376 e. The highest BCUT2D eigenvalue weighted by atomic mass is 16.5. The zero-order chi connectivity index (χ0) is 9.54. The Balaban J connectivity index is 2.27. The van der Waals surface area contributed by atoms with Gasteiger partial charge in [0.1, 0.15) is 0 Å². The summed E-state index contributed by atoms with van der Waals surface area (Å²) in [6.45, 7) is 3.83. The Kier molecular flexibility index (Phi) is 1.64. The number of ether oxygens (including phenoxy) is 1. The molecule has 0 spiro atoms. The summed E-state index contributed by atoms with van der Waals surface area (Å²) in [5, 5.41) is 1.28. The molecule has 14 heavy (non-hydrogen) atoms. The van der Waals surface area contributed by atoms with Gasteiger partial charge in [-0.05, 0) is 34.7 Å². The molecule has 0 bridgehead atoms. The van der Waals surface area contributed by atoms with Crippen LogP contribution >= 0.6 is 0 Å². The van der Waals surface area contributed by atoms with Crippen molar-refractivity contribution in [3.8, 4) is 0 Å². The average Bonchev–Trinajstić information content (AvgIpc) is 2.62. The van der Waals surface area contributed by atoms with Crippen LogP contribution < -0.4 is 0 Å². The predicted octanol–water partition coefficient (Wildman–Crippen LogP) is 2.80. The van der Waals surface area contributed by atoms with Gasteiger partial charge in [0.05, 0.1) is 13.2 Å². The molecule has 1 aliphatic rings. The second kappa shape index (κ2) is 2.85. The summed E-state index contributed by atoms with van der Waals surface area (Å²) < 4.78 is 5.52. The maximum Gasteiger partial charge on any atom is 0.0720 e. The molecule has 1 atom stereocenters. The van der Waals surface area contributed by atoms with E-state index >= 15 is 0 Å². The van der Waals surface area contributed by atoms with Crippen molar-refractivity contribution in [1.29, 1.82) is 0 Å². The summed E-state index contributed by atoms with van der Waals surface area (Å²) in [4.78, 5) is 3.25. The highest BCUT2D eigenvalue weighted by Gasteiger charge is 2.17. The van der Waals surface area contributed by atoms with E-state index in [2.05, 4.69) is 30.1 Å². The van der Waals surface area contributed by atoms with Gasteiger partial charge >= 0.3 is 0 Å². The topological polar surface area (TPSA) is 25.0 Å². The molecule has 0 radical (unpaired) electrons. The molecule has 0 saturated carbocycles.